The van der Waals surface area contributed by atoms with Crippen LogP contribution in [0.1, 0.15) is 39.2 Å². The Morgan fingerprint density at radius 2 is 2.11 bits per heavy atom. The van der Waals surface area contributed by atoms with Gasteiger partial charge >= 0.3 is 0 Å². The summed E-state index contributed by atoms with van der Waals surface area (Å²) in [5.74, 6) is 0.911. The topological polar surface area (TPSA) is 41.5 Å². The first-order chi connectivity index (χ1) is 9.04. The Balaban J connectivity index is 2.77. The van der Waals surface area contributed by atoms with Crippen LogP contribution >= 0.6 is 15.9 Å². The lowest BCUT2D eigenvalue weighted by Gasteiger charge is -2.28. The van der Waals surface area contributed by atoms with Crippen LogP contribution in [0.15, 0.2) is 22.7 Å². The number of hydrogen-bond donors (Lipinski definition) is 2. The van der Waals surface area contributed by atoms with Crippen LogP contribution in [-0.2, 0) is 6.54 Å². The molecule has 0 aliphatic heterocycles. The Labute approximate surface area is 124 Å². The third-order valence-electron chi connectivity index (χ3n) is 3.32. The number of hydrogen-bond acceptors (Lipinski definition) is 3. The number of benzene rings is 1. The fourth-order valence-corrected chi connectivity index (χ4v) is 2.05. The van der Waals surface area contributed by atoms with Gasteiger partial charge in [0.25, 0.3) is 0 Å². The summed E-state index contributed by atoms with van der Waals surface area (Å²) in [5.41, 5.74) is 0.862. The van der Waals surface area contributed by atoms with Crippen molar-refractivity contribution in [2.75, 3.05) is 13.2 Å². The van der Waals surface area contributed by atoms with Crippen molar-refractivity contribution in [2.24, 2.45) is 0 Å². The molecule has 0 aliphatic carbocycles. The zero-order chi connectivity index (χ0) is 14.3. The first-order valence-electron chi connectivity index (χ1n) is 6.81. The maximum Gasteiger partial charge on any atom is 0.123 e. The molecule has 3 nitrogen and oxygen atoms in total. The van der Waals surface area contributed by atoms with Crippen molar-refractivity contribution < 1.29 is 9.84 Å². The minimum atomic E-state index is -0.246. The van der Waals surface area contributed by atoms with Crippen molar-refractivity contribution in [3.05, 3.63) is 28.2 Å². The molecule has 4 heteroatoms. The lowest BCUT2D eigenvalue weighted by atomic mass is 10.00. The molecule has 0 spiro atoms. The number of aliphatic hydroxyl groups excluding tert-OH is 1. The monoisotopic (exact) mass is 329 g/mol. The van der Waals surface area contributed by atoms with Crippen molar-refractivity contribution in [3.8, 4) is 5.75 Å². The first-order valence-corrected chi connectivity index (χ1v) is 7.61. The minimum absolute atomic E-state index is 0.128. The van der Waals surface area contributed by atoms with Crippen LogP contribution in [0.25, 0.3) is 0 Å². The first kappa shape index (κ1) is 16.5. The van der Waals surface area contributed by atoms with Gasteiger partial charge in [-0.05, 0) is 38.0 Å². The number of halogens is 1. The largest absolute Gasteiger partial charge is 0.493 e. The summed E-state index contributed by atoms with van der Waals surface area (Å²) in [4.78, 5) is 0. The standard InChI is InChI=1S/C15H24BrNO2/c1-4-8-19-14-7-6-13(16)9-12(14)10-17-15(3,5-2)11-18/h6-7,9,17-18H,4-5,8,10-11H2,1-3H3. The van der Waals surface area contributed by atoms with Crippen LogP contribution in [0, 0.1) is 0 Å². The second kappa shape index (κ2) is 7.88. The van der Waals surface area contributed by atoms with Gasteiger partial charge < -0.3 is 15.2 Å². The van der Waals surface area contributed by atoms with Crippen molar-refractivity contribution >= 4 is 15.9 Å². The highest BCUT2D eigenvalue weighted by atomic mass is 79.9. The zero-order valence-electron chi connectivity index (χ0n) is 12.0. The van der Waals surface area contributed by atoms with Gasteiger partial charge in [-0.25, -0.2) is 0 Å². The average Bonchev–Trinajstić information content (AvgIpc) is 2.43. The Bertz CT molecular complexity index is 392. The highest BCUT2D eigenvalue weighted by molar-refractivity contribution is 9.10. The maximum absolute atomic E-state index is 9.43. The van der Waals surface area contributed by atoms with Crippen LogP contribution < -0.4 is 10.1 Å². The average molecular weight is 330 g/mol. The molecule has 0 radical (unpaired) electrons. The summed E-state index contributed by atoms with van der Waals surface area (Å²) in [6.45, 7) is 7.72. The second-order valence-corrected chi connectivity index (χ2v) is 5.94. The van der Waals surface area contributed by atoms with E-state index in [1.807, 2.05) is 19.1 Å². The molecular formula is C15H24BrNO2. The van der Waals surface area contributed by atoms with Gasteiger partial charge in [0, 0.05) is 22.1 Å². The van der Waals surface area contributed by atoms with Gasteiger partial charge in [0.1, 0.15) is 5.75 Å². The molecule has 2 N–H and O–H groups in total. The van der Waals surface area contributed by atoms with E-state index in [4.69, 9.17) is 4.74 Å². The Hall–Kier alpha value is -0.580. The van der Waals surface area contributed by atoms with Crippen molar-refractivity contribution in [2.45, 2.75) is 45.7 Å². The lowest BCUT2D eigenvalue weighted by molar-refractivity contribution is 0.168. The normalized spacial score (nSPS) is 14.2. The predicted octanol–water partition coefficient (Wildman–Crippen LogP) is 3.49. The number of nitrogens with one attached hydrogen (secondary N) is 1. The number of ether oxygens (including phenoxy) is 1. The highest BCUT2D eigenvalue weighted by Gasteiger charge is 2.20. The molecule has 1 unspecified atom stereocenters. The molecule has 0 saturated carbocycles. The predicted molar refractivity (Wildman–Crippen MR) is 82.5 cm³/mol. The SMILES string of the molecule is CCCOc1ccc(Br)cc1CNC(C)(CC)CO. The van der Waals surface area contributed by atoms with Crippen molar-refractivity contribution in [1.29, 1.82) is 0 Å². The molecule has 0 aliphatic rings. The molecule has 108 valence electrons. The maximum atomic E-state index is 9.43. The lowest BCUT2D eigenvalue weighted by Crippen LogP contribution is -2.44. The molecule has 19 heavy (non-hydrogen) atoms. The Morgan fingerprint density at radius 3 is 2.68 bits per heavy atom. The number of rotatable bonds is 8. The van der Waals surface area contributed by atoms with Gasteiger partial charge in [0.15, 0.2) is 0 Å². The quantitative estimate of drug-likeness (QED) is 0.767. The van der Waals surface area contributed by atoms with Gasteiger partial charge in [0.2, 0.25) is 0 Å². The van der Waals surface area contributed by atoms with E-state index in [0.717, 1.165) is 35.2 Å². The molecule has 1 aromatic carbocycles. The fourth-order valence-electron chi connectivity index (χ4n) is 1.64. The summed E-state index contributed by atoms with van der Waals surface area (Å²) in [6.07, 6.45) is 1.87. The van der Waals surface area contributed by atoms with Gasteiger partial charge in [-0.1, -0.05) is 29.8 Å². The van der Waals surface area contributed by atoms with E-state index in [-0.39, 0.29) is 12.1 Å². The summed E-state index contributed by atoms with van der Waals surface area (Å²) in [6, 6.07) is 6.03. The van der Waals surface area contributed by atoms with Gasteiger partial charge in [0.05, 0.1) is 13.2 Å². The summed E-state index contributed by atoms with van der Waals surface area (Å²) < 4.78 is 6.79. The molecule has 0 saturated heterocycles. The van der Waals surface area contributed by atoms with E-state index in [9.17, 15) is 5.11 Å². The molecule has 0 fully saturated rings. The minimum Gasteiger partial charge on any atom is -0.493 e. The molecule has 1 atom stereocenters. The smallest absolute Gasteiger partial charge is 0.123 e. The van der Waals surface area contributed by atoms with E-state index in [1.165, 1.54) is 0 Å². The van der Waals surface area contributed by atoms with Crippen LogP contribution in [0.4, 0.5) is 0 Å². The van der Waals surface area contributed by atoms with Crippen LogP contribution in [-0.4, -0.2) is 23.9 Å². The highest BCUT2D eigenvalue weighted by Crippen LogP contribution is 2.24. The van der Waals surface area contributed by atoms with E-state index in [0.29, 0.717) is 6.54 Å². The van der Waals surface area contributed by atoms with Gasteiger partial charge in [-0.15, -0.1) is 0 Å². The Morgan fingerprint density at radius 1 is 1.37 bits per heavy atom. The van der Waals surface area contributed by atoms with E-state index in [2.05, 4.69) is 41.2 Å². The number of aliphatic hydroxyl groups is 1. The van der Waals surface area contributed by atoms with E-state index >= 15 is 0 Å². The molecule has 0 bridgehead atoms. The zero-order valence-corrected chi connectivity index (χ0v) is 13.6. The fraction of sp³-hybridized carbons (Fsp3) is 0.600. The third kappa shape index (κ3) is 5.13. The summed E-state index contributed by atoms with van der Waals surface area (Å²) in [7, 11) is 0. The molecule has 1 rings (SSSR count). The molecule has 0 heterocycles. The van der Waals surface area contributed by atoms with Gasteiger partial charge in [-0.2, -0.15) is 0 Å². The van der Waals surface area contributed by atoms with E-state index < -0.39 is 0 Å². The van der Waals surface area contributed by atoms with Crippen molar-refractivity contribution in [3.63, 3.8) is 0 Å². The second-order valence-electron chi connectivity index (χ2n) is 5.03. The molecule has 0 amide bonds. The summed E-state index contributed by atoms with van der Waals surface area (Å²) in [5, 5.41) is 12.8. The summed E-state index contributed by atoms with van der Waals surface area (Å²) >= 11 is 3.49. The van der Waals surface area contributed by atoms with Crippen LogP contribution in [0.5, 0.6) is 5.75 Å². The van der Waals surface area contributed by atoms with E-state index in [1.54, 1.807) is 0 Å². The molecule has 1 aromatic rings. The van der Waals surface area contributed by atoms with Crippen LogP contribution in [0.2, 0.25) is 0 Å². The van der Waals surface area contributed by atoms with Crippen molar-refractivity contribution in [1.82, 2.24) is 5.32 Å². The third-order valence-corrected chi connectivity index (χ3v) is 3.81. The molecular weight excluding hydrogens is 306 g/mol. The van der Waals surface area contributed by atoms with Crippen LogP contribution in [0.3, 0.4) is 0 Å². The van der Waals surface area contributed by atoms with Gasteiger partial charge in [-0.3, -0.25) is 0 Å². The molecule has 0 aromatic heterocycles. The Kier molecular flexibility index (Phi) is 6.83.